The van der Waals surface area contributed by atoms with Crippen LogP contribution >= 0.6 is 23.2 Å². The fourth-order valence-electron chi connectivity index (χ4n) is 1.53. The molecule has 1 aromatic carbocycles. The summed E-state index contributed by atoms with van der Waals surface area (Å²) in [6.45, 7) is 0.613. The van der Waals surface area contributed by atoms with Crippen molar-refractivity contribution in [3.63, 3.8) is 0 Å². The second-order valence-electron chi connectivity index (χ2n) is 3.86. The second-order valence-corrected chi connectivity index (χ2v) is 4.65. The highest BCUT2D eigenvalue weighted by molar-refractivity contribution is 6.31. The van der Waals surface area contributed by atoms with E-state index in [2.05, 4.69) is 10.2 Å². The Bertz CT molecular complexity index is 516. The molecule has 0 spiro atoms. The van der Waals surface area contributed by atoms with Gasteiger partial charge in [-0.3, -0.25) is 0 Å². The molecule has 18 heavy (non-hydrogen) atoms. The molecule has 0 aliphatic heterocycles. The van der Waals surface area contributed by atoms with Crippen molar-refractivity contribution in [3.8, 4) is 0 Å². The smallest absolute Gasteiger partial charge is 0.318 e. The molecule has 0 atom stereocenters. The Kier molecular flexibility index (Phi) is 4.44. The number of nitrogens with zero attached hydrogens (tertiary/aromatic N) is 3. The maximum Gasteiger partial charge on any atom is 0.318 e. The molecule has 0 saturated carbocycles. The van der Waals surface area contributed by atoms with Gasteiger partial charge in [0.1, 0.15) is 0 Å². The molecule has 0 unspecified atom stereocenters. The van der Waals surface area contributed by atoms with Crippen molar-refractivity contribution < 1.29 is 4.42 Å². The zero-order chi connectivity index (χ0) is 13.0. The van der Waals surface area contributed by atoms with E-state index in [9.17, 15) is 0 Å². The van der Waals surface area contributed by atoms with E-state index in [1.54, 1.807) is 0 Å². The highest BCUT2D eigenvalue weighted by Crippen LogP contribution is 2.19. The maximum atomic E-state index is 6.10. The molecule has 0 N–H and O–H groups in total. The summed E-state index contributed by atoms with van der Waals surface area (Å²) < 4.78 is 5.47. The van der Waals surface area contributed by atoms with Gasteiger partial charge in [-0.2, -0.15) is 0 Å². The van der Waals surface area contributed by atoms with Crippen LogP contribution in [0.4, 0.5) is 6.01 Å². The number of benzene rings is 1. The van der Waals surface area contributed by atoms with E-state index in [1.165, 1.54) is 0 Å². The van der Waals surface area contributed by atoms with Crippen LogP contribution in [0.25, 0.3) is 0 Å². The quantitative estimate of drug-likeness (QED) is 0.792. The molecule has 2 aromatic rings. The van der Waals surface area contributed by atoms with Crippen molar-refractivity contribution >= 4 is 29.2 Å². The predicted molar refractivity (Wildman–Crippen MR) is 72.3 cm³/mol. The van der Waals surface area contributed by atoms with Crippen molar-refractivity contribution in [1.82, 2.24) is 10.2 Å². The molecule has 0 bridgehead atoms. The van der Waals surface area contributed by atoms with Gasteiger partial charge in [-0.15, -0.1) is 16.7 Å². The molecule has 1 aromatic heterocycles. The monoisotopic (exact) mass is 285 g/mol. The third-order valence-corrected chi connectivity index (χ3v) is 3.01. The van der Waals surface area contributed by atoms with Crippen molar-refractivity contribution in [1.29, 1.82) is 0 Å². The third-order valence-electron chi connectivity index (χ3n) is 2.46. The maximum absolute atomic E-state index is 6.10. The molecule has 2 rings (SSSR count). The molecule has 0 amide bonds. The number of rotatable bonds is 5. The Morgan fingerprint density at radius 2 is 2.06 bits per heavy atom. The van der Waals surface area contributed by atoms with Crippen LogP contribution in [-0.2, 0) is 13.0 Å². The minimum Gasteiger partial charge on any atom is -0.408 e. The number of anilines is 1. The molecule has 0 saturated heterocycles. The van der Waals surface area contributed by atoms with E-state index in [0.717, 1.165) is 10.6 Å². The molecule has 0 aliphatic rings. The van der Waals surface area contributed by atoms with E-state index in [4.69, 9.17) is 27.6 Å². The predicted octanol–water partition coefficient (Wildman–Crippen LogP) is 3.14. The molecule has 1 heterocycles. The lowest BCUT2D eigenvalue weighted by atomic mass is 10.2. The van der Waals surface area contributed by atoms with Crippen LogP contribution in [0.15, 0.2) is 28.7 Å². The summed E-state index contributed by atoms with van der Waals surface area (Å²) in [5.74, 6) is 1.02. The van der Waals surface area contributed by atoms with Gasteiger partial charge in [0.2, 0.25) is 5.89 Å². The van der Waals surface area contributed by atoms with Gasteiger partial charge < -0.3 is 9.32 Å². The van der Waals surface area contributed by atoms with Crippen LogP contribution < -0.4 is 4.90 Å². The van der Waals surface area contributed by atoms with Gasteiger partial charge in [0, 0.05) is 30.9 Å². The molecule has 4 nitrogen and oxygen atoms in total. The fourth-order valence-corrected chi connectivity index (χ4v) is 1.89. The topological polar surface area (TPSA) is 42.2 Å². The van der Waals surface area contributed by atoms with Gasteiger partial charge in [0.15, 0.2) is 0 Å². The van der Waals surface area contributed by atoms with Crippen molar-refractivity contribution in [3.05, 3.63) is 40.7 Å². The first kappa shape index (κ1) is 13.2. The van der Waals surface area contributed by atoms with Gasteiger partial charge in [-0.25, -0.2) is 0 Å². The lowest BCUT2D eigenvalue weighted by Crippen LogP contribution is -2.16. The number of aromatic nitrogens is 2. The summed E-state index contributed by atoms with van der Waals surface area (Å²) in [4.78, 5) is 1.85. The minimum atomic E-state index is 0.468. The lowest BCUT2D eigenvalue weighted by molar-refractivity contribution is 0.495. The van der Waals surface area contributed by atoms with Gasteiger partial charge in [-0.05, 0) is 11.6 Å². The minimum absolute atomic E-state index is 0.468. The van der Waals surface area contributed by atoms with Crippen LogP contribution in [0, 0.1) is 0 Å². The second kappa shape index (κ2) is 6.07. The summed E-state index contributed by atoms with van der Waals surface area (Å²) in [5.41, 5.74) is 1.01. The zero-order valence-corrected chi connectivity index (χ0v) is 11.4. The lowest BCUT2D eigenvalue weighted by Gasteiger charge is -2.14. The molecule has 0 aliphatic carbocycles. The molecular formula is C12H13Cl2N3O. The van der Waals surface area contributed by atoms with Gasteiger partial charge in [-0.1, -0.05) is 34.9 Å². The third kappa shape index (κ3) is 3.15. The number of aryl methyl sites for hydroxylation is 1. The number of alkyl halides is 1. The summed E-state index contributed by atoms with van der Waals surface area (Å²) in [6.07, 6.45) is 0.578. The van der Waals surface area contributed by atoms with Crippen LogP contribution in [0.2, 0.25) is 5.02 Å². The fraction of sp³-hybridized carbons (Fsp3) is 0.333. The highest BCUT2D eigenvalue weighted by Gasteiger charge is 2.11. The standard InChI is InChI=1S/C12H13Cl2N3O/c1-17(8-9-4-2-3-5-10(9)14)12-16-15-11(18-12)6-7-13/h2-5H,6-8H2,1H3. The first-order chi connectivity index (χ1) is 8.70. The molecule has 6 heteroatoms. The number of hydrogen-bond donors (Lipinski definition) is 0. The average Bonchev–Trinajstić information content (AvgIpc) is 2.81. The van der Waals surface area contributed by atoms with E-state index in [1.807, 2.05) is 36.2 Å². The molecular weight excluding hydrogens is 273 g/mol. The van der Waals surface area contributed by atoms with Gasteiger partial charge in [0.25, 0.3) is 0 Å². The van der Waals surface area contributed by atoms with Crippen molar-refractivity contribution in [2.24, 2.45) is 0 Å². The Morgan fingerprint density at radius 1 is 1.28 bits per heavy atom. The summed E-state index contributed by atoms with van der Waals surface area (Å²) >= 11 is 11.7. The summed E-state index contributed by atoms with van der Waals surface area (Å²) in [5, 5.41) is 8.61. The van der Waals surface area contributed by atoms with E-state index in [-0.39, 0.29) is 0 Å². The SMILES string of the molecule is CN(Cc1ccccc1Cl)c1nnc(CCCl)o1. The van der Waals surface area contributed by atoms with Crippen LogP contribution in [0.5, 0.6) is 0 Å². The van der Waals surface area contributed by atoms with Crippen molar-refractivity contribution in [2.75, 3.05) is 17.8 Å². The Morgan fingerprint density at radius 3 is 2.78 bits per heavy atom. The Hall–Kier alpha value is -1.26. The largest absolute Gasteiger partial charge is 0.408 e. The van der Waals surface area contributed by atoms with E-state index in [0.29, 0.717) is 30.8 Å². The van der Waals surface area contributed by atoms with Crippen molar-refractivity contribution in [2.45, 2.75) is 13.0 Å². The first-order valence-electron chi connectivity index (χ1n) is 5.53. The molecule has 0 radical (unpaired) electrons. The Labute approximate surface area is 116 Å². The van der Waals surface area contributed by atoms with Gasteiger partial charge >= 0.3 is 6.01 Å². The Balaban J connectivity index is 2.07. The van der Waals surface area contributed by atoms with E-state index < -0.39 is 0 Å². The summed E-state index contributed by atoms with van der Waals surface area (Å²) in [7, 11) is 1.88. The average molecular weight is 286 g/mol. The highest BCUT2D eigenvalue weighted by atomic mass is 35.5. The normalized spacial score (nSPS) is 10.6. The number of hydrogen-bond acceptors (Lipinski definition) is 4. The summed E-state index contributed by atoms with van der Waals surface area (Å²) in [6, 6.07) is 8.14. The van der Waals surface area contributed by atoms with Crippen LogP contribution in [0.1, 0.15) is 11.5 Å². The molecule has 0 fully saturated rings. The first-order valence-corrected chi connectivity index (χ1v) is 6.45. The molecule has 96 valence electrons. The van der Waals surface area contributed by atoms with Crippen LogP contribution in [0.3, 0.4) is 0 Å². The van der Waals surface area contributed by atoms with E-state index >= 15 is 0 Å². The van der Waals surface area contributed by atoms with Crippen LogP contribution in [-0.4, -0.2) is 23.1 Å². The number of halogens is 2. The zero-order valence-electron chi connectivity index (χ0n) is 9.94. The van der Waals surface area contributed by atoms with Gasteiger partial charge in [0.05, 0.1) is 0 Å².